The molecule has 0 saturated heterocycles. The van der Waals surface area contributed by atoms with Gasteiger partial charge in [-0.25, -0.2) is 0 Å². The van der Waals surface area contributed by atoms with Crippen LogP contribution < -0.4 is 5.46 Å². The predicted molar refractivity (Wildman–Crippen MR) is 59.4 cm³/mol. The van der Waals surface area contributed by atoms with E-state index in [1.165, 1.54) is 0 Å². The zero-order chi connectivity index (χ0) is 10.4. The zero-order valence-corrected chi connectivity index (χ0v) is 9.27. The van der Waals surface area contributed by atoms with Crippen molar-refractivity contribution in [2.24, 2.45) is 0 Å². The maximum absolute atomic E-state index is 9.59. The monoisotopic (exact) mass is 258 g/mol. The van der Waals surface area contributed by atoms with E-state index >= 15 is 0 Å². The number of benzene rings is 1. The number of halogens is 1. The molecule has 0 saturated carbocycles. The Kier molecular flexibility index (Phi) is 5.18. The highest BCUT2D eigenvalue weighted by Gasteiger charge is 2.18. The number of aliphatic hydroxyl groups excluding tert-OH is 1. The van der Waals surface area contributed by atoms with Gasteiger partial charge < -0.3 is 14.8 Å². The summed E-state index contributed by atoms with van der Waals surface area (Å²) >= 11 is 3.32. The van der Waals surface area contributed by atoms with Gasteiger partial charge in [-0.15, -0.1) is 0 Å². The van der Waals surface area contributed by atoms with Crippen molar-refractivity contribution in [1.82, 2.24) is 0 Å². The molecule has 0 aliphatic heterocycles. The van der Waals surface area contributed by atoms with Crippen LogP contribution in [0.2, 0.25) is 0 Å². The van der Waals surface area contributed by atoms with Crippen LogP contribution in [0, 0.1) is 0 Å². The number of rotatable bonds is 5. The van der Waals surface area contributed by atoms with Crippen LogP contribution in [-0.4, -0.2) is 30.5 Å². The van der Waals surface area contributed by atoms with Crippen LogP contribution in [0.15, 0.2) is 28.7 Å². The maximum atomic E-state index is 9.59. The maximum Gasteiger partial charge on any atom is 0.492 e. The second kappa shape index (κ2) is 6.19. The molecule has 0 spiro atoms. The standard InChI is InChI=1S/C9H12BBrO3/c11-9-5-2-1-4-8(9)10(13)14-7-3-6-12/h1-2,4-5,12-13H,3,6-7H2. The summed E-state index contributed by atoms with van der Waals surface area (Å²) < 4.78 is 5.93. The minimum absolute atomic E-state index is 0.0721. The van der Waals surface area contributed by atoms with Crippen molar-refractivity contribution in [3.05, 3.63) is 28.7 Å². The molecule has 14 heavy (non-hydrogen) atoms. The first kappa shape index (κ1) is 11.7. The molecule has 76 valence electrons. The van der Waals surface area contributed by atoms with Gasteiger partial charge in [0.1, 0.15) is 0 Å². The highest BCUT2D eigenvalue weighted by atomic mass is 79.9. The van der Waals surface area contributed by atoms with Gasteiger partial charge in [0.2, 0.25) is 0 Å². The average molecular weight is 259 g/mol. The van der Waals surface area contributed by atoms with Crippen molar-refractivity contribution in [3.63, 3.8) is 0 Å². The Hall–Kier alpha value is -0.355. The molecule has 2 N–H and O–H groups in total. The lowest BCUT2D eigenvalue weighted by molar-refractivity contribution is 0.216. The molecule has 0 radical (unpaired) electrons. The molecule has 0 heterocycles. The van der Waals surface area contributed by atoms with Crippen molar-refractivity contribution in [1.29, 1.82) is 0 Å². The Morgan fingerprint density at radius 1 is 1.36 bits per heavy atom. The minimum Gasteiger partial charge on any atom is -0.423 e. The van der Waals surface area contributed by atoms with Crippen LogP contribution in [0.25, 0.3) is 0 Å². The third-order valence-corrected chi connectivity index (χ3v) is 2.47. The van der Waals surface area contributed by atoms with Crippen molar-refractivity contribution in [2.45, 2.75) is 6.42 Å². The smallest absolute Gasteiger partial charge is 0.423 e. The molecule has 0 aliphatic rings. The molecule has 0 atom stereocenters. The first-order valence-electron chi connectivity index (χ1n) is 4.40. The minimum atomic E-state index is -0.933. The molecule has 1 aromatic carbocycles. The van der Waals surface area contributed by atoms with Gasteiger partial charge in [0.25, 0.3) is 0 Å². The number of hydrogen-bond acceptors (Lipinski definition) is 3. The summed E-state index contributed by atoms with van der Waals surface area (Å²) in [6.07, 6.45) is 0.529. The lowest BCUT2D eigenvalue weighted by atomic mass is 9.80. The fraction of sp³-hybridized carbons (Fsp3) is 0.333. The molecule has 0 amide bonds. The largest absolute Gasteiger partial charge is 0.492 e. The molecule has 1 rings (SSSR count). The van der Waals surface area contributed by atoms with Crippen LogP contribution in [0.1, 0.15) is 6.42 Å². The van der Waals surface area contributed by atoms with Gasteiger partial charge in [0.15, 0.2) is 0 Å². The second-order valence-electron chi connectivity index (χ2n) is 2.82. The average Bonchev–Trinajstić information content (AvgIpc) is 2.18. The molecule has 0 unspecified atom stereocenters. The van der Waals surface area contributed by atoms with Gasteiger partial charge in [0, 0.05) is 17.7 Å². The van der Waals surface area contributed by atoms with Crippen molar-refractivity contribution in [2.75, 3.05) is 13.2 Å². The van der Waals surface area contributed by atoms with E-state index in [1.807, 2.05) is 18.2 Å². The molecule has 5 heteroatoms. The van der Waals surface area contributed by atoms with Gasteiger partial charge in [-0.05, 0) is 17.9 Å². The van der Waals surface area contributed by atoms with E-state index < -0.39 is 7.12 Å². The van der Waals surface area contributed by atoms with E-state index in [1.54, 1.807) is 6.07 Å². The Morgan fingerprint density at radius 2 is 2.07 bits per heavy atom. The van der Waals surface area contributed by atoms with Crippen LogP contribution >= 0.6 is 15.9 Å². The quantitative estimate of drug-likeness (QED) is 0.599. The Bertz CT molecular complexity index is 283. The molecule has 0 aliphatic carbocycles. The molecule has 0 aromatic heterocycles. The Balaban J connectivity index is 2.51. The predicted octanol–water partition coefficient (Wildman–Crippen LogP) is 0.536. The first-order chi connectivity index (χ1) is 6.75. The fourth-order valence-corrected chi connectivity index (χ4v) is 1.51. The van der Waals surface area contributed by atoms with Crippen LogP contribution in [0.5, 0.6) is 0 Å². The molecule has 3 nitrogen and oxygen atoms in total. The second-order valence-corrected chi connectivity index (χ2v) is 3.68. The van der Waals surface area contributed by atoms with E-state index in [9.17, 15) is 5.02 Å². The van der Waals surface area contributed by atoms with Gasteiger partial charge in [-0.3, -0.25) is 0 Å². The summed E-state index contributed by atoms with van der Waals surface area (Å²) in [5.74, 6) is 0. The summed E-state index contributed by atoms with van der Waals surface area (Å²) in [4.78, 5) is 0. The number of aliphatic hydroxyl groups is 1. The number of hydrogen-bond donors (Lipinski definition) is 2. The van der Waals surface area contributed by atoms with Crippen molar-refractivity contribution >= 4 is 28.5 Å². The topological polar surface area (TPSA) is 49.7 Å². The third-order valence-electron chi connectivity index (χ3n) is 1.75. The summed E-state index contributed by atoms with van der Waals surface area (Å²) in [5, 5.41) is 18.1. The van der Waals surface area contributed by atoms with E-state index in [-0.39, 0.29) is 6.61 Å². The van der Waals surface area contributed by atoms with Crippen LogP contribution in [0.4, 0.5) is 0 Å². The van der Waals surface area contributed by atoms with Crippen molar-refractivity contribution < 1.29 is 14.8 Å². The first-order valence-corrected chi connectivity index (χ1v) is 5.20. The fourth-order valence-electron chi connectivity index (χ4n) is 1.02. The normalized spacial score (nSPS) is 10.2. The van der Waals surface area contributed by atoms with Crippen LogP contribution in [0.3, 0.4) is 0 Å². The lowest BCUT2D eigenvalue weighted by Gasteiger charge is -2.08. The van der Waals surface area contributed by atoms with Gasteiger partial charge in [-0.2, -0.15) is 0 Å². The van der Waals surface area contributed by atoms with E-state index in [4.69, 9.17) is 9.76 Å². The van der Waals surface area contributed by atoms with Crippen molar-refractivity contribution in [3.8, 4) is 0 Å². The highest BCUT2D eigenvalue weighted by Crippen LogP contribution is 2.06. The van der Waals surface area contributed by atoms with Gasteiger partial charge in [0.05, 0.1) is 0 Å². The van der Waals surface area contributed by atoms with Gasteiger partial charge in [-0.1, -0.05) is 34.1 Å². The molecular weight excluding hydrogens is 247 g/mol. The molecule has 0 bridgehead atoms. The Morgan fingerprint density at radius 3 is 2.71 bits per heavy atom. The molecular formula is C9H12BBrO3. The summed E-state index contributed by atoms with van der Waals surface area (Å²) in [6, 6.07) is 7.33. The van der Waals surface area contributed by atoms with E-state index in [0.717, 1.165) is 4.47 Å². The molecule has 1 aromatic rings. The van der Waals surface area contributed by atoms with E-state index in [0.29, 0.717) is 18.5 Å². The lowest BCUT2D eigenvalue weighted by Crippen LogP contribution is -2.34. The summed E-state index contributed by atoms with van der Waals surface area (Å²) in [6.45, 7) is 0.418. The van der Waals surface area contributed by atoms with E-state index in [2.05, 4.69) is 15.9 Å². The SMILES string of the molecule is OCCCOB(O)c1ccccc1Br. The van der Waals surface area contributed by atoms with Crippen LogP contribution in [-0.2, 0) is 4.65 Å². The Labute approximate surface area is 92.0 Å². The summed E-state index contributed by atoms with van der Waals surface area (Å²) in [7, 11) is -0.933. The summed E-state index contributed by atoms with van der Waals surface area (Å²) in [5.41, 5.74) is 0.699. The highest BCUT2D eigenvalue weighted by molar-refractivity contribution is 9.10. The van der Waals surface area contributed by atoms with Gasteiger partial charge >= 0.3 is 7.12 Å². The molecule has 0 fully saturated rings. The third kappa shape index (κ3) is 3.42. The zero-order valence-electron chi connectivity index (χ0n) is 7.69.